The molecule has 122 valence electrons. The van der Waals surface area contributed by atoms with Gasteiger partial charge in [0.15, 0.2) is 0 Å². The molecule has 0 saturated carbocycles. The molecule has 0 rings (SSSR count). The molecule has 2 nitrogen and oxygen atoms in total. The summed E-state index contributed by atoms with van der Waals surface area (Å²) in [5.41, 5.74) is -0.000215. The van der Waals surface area contributed by atoms with Gasteiger partial charge in [-0.25, -0.2) is 0 Å². The minimum atomic E-state index is -2.89. The van der Waals surface area contributed by atoms with Crippen LogP contribution in [0.2, 0.25) is 0 Å². The highest BCUT2D eigenvalue weighted by Gasteiger charge is 2.25. The summed E-state index contributed by atoms with van der Waals surface area (Å²) in [6.45, 7) is 6.40. The van der Waals surface area contributed by atoms with Gasteiger partial charge in [0.1, 0.15) is 0 Å². The Morgan fingerprint density at radius 3 is 1.80 bits per heavy atom. The average molecular weight is 304 g/mol. The van der Waals surface area contributed by atoms with Gasteiger partial charge >= 0.3 is 0 Å². The molecule has 0 spiro atoms. The number of hydrogen-bond donors (Lipinski definition) is 1. The van der Waals surface area contributed by atoms with E-state index >= 15 is 0 Å². The molecule has 3 heteroatoms. The minimum absolute atomic E-state index is 0.000215. The zero-order valence-corrected chi connectivity index (χ0v) is 15.0. The first-order chi connectivity index (χ1) is 9.54. The van der Waals surface area contributed by atoms with Gasteiger partial charge in [0.05, 0.1) is 0 Å². The summed E-state index contributed by atoms with van der Waals surface area (Å²) in [6, 6.07) is 0. The monoisotopic (exact) mass is 304 g/mol. The summed E-state index contributed by atoms with van der Waals surface area (Å²) in [6.07, 6.45) is 14.7. The molecule has 0 fully saturated rings. The van der Waals surface area contributed by atoms with E-state index in [4.69, 9.17) is 0 Å². The Bertz CT molecular complexity index is 253. The lowest BCUT2D eigenvalue weighted by Gasteiger charge is -2.19. The molecule has 0 aromatic heterocycles. The lowest BCUT2D eigenvalue weighted by atomic mass is 10.1. The number of unbranched alkanes of at least 4 members (excludes halogenated alkanes) is 9. The first-order valence-corrected chi connectivity index (χ1v) is 10.8. The van der Waals surface area contributed by atoms with E-state index in [1.165, 1.54) is 51.4 Å². The summed E-state index contributed by atoms with van der Waals surface area (Å²) in [5.74, 6) is 0. The molecule has 2 unspecified atom stereocenters. The zero-order chi connectivity index (χ0) is 15.3. The second-order valence-corrected chi connectivity index (χ2v) is 9.14. The topological polar surface area (TPSA) is 37.3 Å². The quantitative estimate of drug-likeness (QED) is 0.299. The Morgan fingerprint density at radius 2 is 1.25 bits per heavy atom. The second kappa shape index (κ2) is 12.9. The predicted molar refractivity (Wildman–Crippen MR) is 90.9 cm³/mol. The van der Waals surface area contributed by atoms with E-state index in [-0.39, 0.29) is 5.66 Å². The molecule has 0 aliphatic heterocycles. The van der Waals surface area contributed by atoms with Gasteiger partial charge in [-0.3, -0.25) is 4.57 Å². The molecule has 0 bridgehead atoms. The summed E-state index contributed by atoms with van der Waals surface area (Å²) in [7, 11) is -2.89. The van der Waals surface area contributed by atoms with E-state index in [1.54, 1.807) is 0 Å². The summed E-state index contributed by atoms with van der Waals surface area (Å²) >= 11 is 0. The lowest BCUT2D eigenvalue weighted by molar-refractivity contribution is 0.453. The van der Waals surface area contributed by atoms with Crippen molar-refractivity contribution in [2.24, 2.45) is 0 Å². The molecule has 20 heavy (non-hydrogen) atoms. The van der Waals surface area contributed by atoms with Gasteiger partial charge in [-0.15, -0.1) is 0 Å². The van der Waals surface area contributed by atoms with Crippen LogP contribution >= 0.6 is 7.37 Å². The molecule has 0 aromatic rings. The van der Waals surface area contributed by atoms with Gasteiger partial charge in [-0.05, 0) is 12.8 Å². The van der Waals surface area contributed by atoms with Crippen LogP contribution in [0.25, 0.3) is 0 Å². The number of rotatable bonds is 14. The molecule has 0 aliphatic carbocycles. The molecule has 1 N–H and O–H groups in total. The Balaban J connectivity index is 3.66. The Hall–Kier alpha value is 0.190. The van der Waals surface area contributed by atoms with Gasteiger partial charge < -0.3 is 4.89 Å². The Labute approximate surface area is 127 Å². The van der Waals surface area contributed by atoms with E-state index in [0.29, 0.717) is 6.16 Å². The molecule has 0 amide bonds. The summed E-state index contributed by atoms with van der Waals surface area (Å²) < 4.78 is 12.3. The van der Waals surface area contributed by atoms with Gasteiger partial charge in [0, 0.05) is 11.8 Å². The molecule has 0 radical (unpaired) electrons. The molecule has 0 aliphatic rings. The molecule has 0 heterocycles. The fourth-order valence-corrected chi connectivity index (χ4v) is 4.29. The van der Waals surface area contributed by atoms with E-state index in [9.17, 15) is 9.46 Å². The first kappa shape index (κ1) is 20.2. The highest BCUT2D eigenvalue weighted by Crippen LogP contribution is 2.48. The fourth-order valence-electron chi connectivity index (χ4n) is 2.58. The van der Waals surface area contributed by atoms with E-state index in [2.05, 4.69) is 13.8 Å². The Morgan fingerprint density at radius 1 is 0.800 bits per heavy atom. The fraction of sp³-hybridized carbons (Fsp3) is 1.00. The van der Waals surface area contributed by atoms with Crippen LogP contribution in [-0.2, 0) is 4.57 Å². The van der Waals surface area contributed by atoms with E-state index in [0.717, 1.165) is 25.7 Å². The van der Waals surface area contributed by atoms with E-state index < -0.39 is 7.37 Å². The van der Waals surface area contributed by atoms with Crippen LogP contribution in [0.5, 0.6) is 0 Å². The smallest absolute Gasteiger partial charge is 0.203 e. The van der Waals surface area contributed by atoms with E-state index in [1.807, 2.05) is 6.92 Å². The largest absolute Gasteiger partial charge is 0.344 e. The summed E-state index contributed by atoms with van der Waals surface area (Å²) in [5, 5.41) is 0. The van der Waals surface area contributed by atoms with Crippen molar-refractivity contribution in [2.45, 2.75) is 103 Å². The van der Waals surface area contributed by atoms with Crippen LogP contribution in [0.1, 0.15) is 97.8 Å². The van der Waals surface area contributed by atoms with Crippen molar-refractivity contribution in [1.82, 2.24) is 0 Å². The van der Waals surface area contributed by atoms with Gasteiger partial charge in [-0.2, -0.15) is 0 Å². The lowest BCUT2D eigenvalue weighted by Crippen LogP contribution is -2.06. The van der Waals surface area contributed by atoms with Crippen molar-refractivity contribution in [3.8, 4) is 0 Å². The third kappa shape index (κ3) is 10.9. The third-order valence-corrected chi connectivity index (χ3v) is 6.84. The molecular formula is C17H37O2P. The van der Waals surface area contributed by atoms with Crippen molar-refractivity contribution >= 4 is 7.37 Å². The molecular weight excluding hydrogens is 267 g/mol. The van der Waals surface area contributed by atoms with Gasteiger partial charge in [0.25, 0.3) is 0 Å². The maximum atomic E-state index is 12.3. The van der Waals surface area contributed by atoms with Crippen molar-refractivity contribution in [1.29, 1.82) is 0 Å². The van der Waals surface area contributed by atoms with Crippen LogP contribution in [0.3, 0.4) is 0 Å². The minimum Gasteiger partial charge on any atom is -0.344 e. The highest BCUT2D eigenvalue weighted by atomic mass is 31.2. The first-order valence-electron chi connectivity index (χ1n) is 8.86. The normalized spacial score (nSPS) is 16.0. The van der Waals surface area contributed by atoms with Gasteiger partial charge in [-0.1, -0.05) is 85.0 Å². The molecule has 2 atom stereocenters. The van der Waals surface area contributed by atoms with Gasteiger partial charge in [0.2, 0.25) is 7.37 Å². The maximum absolute atomic E-state index is 12.3. The van der Waals surface area contributed by atoms with Crippen LogP contribution in [0, 0.1) is 0 Å². The SMILES string of the molecule is CCCCCCCCP(=O)(O)C(C)CCCCCCC. The Kier molecular flexibility index (Phi) is 13.0. The zero-order valence-electron chi connectivity index (χ0n) is 14.1. The number of hydrogen-bond acceptors (Lipinski definition) is 1. The van der Waals surface area contributed by atoms with Crippen LogP contribution in [0.4, 0.5) is 0 Å². The van der Waals surface area contributed by atoms with Crippen molar-refractivity contribution < 1.29 is 9.46 Å². The second-order valence-electron chi connectivity index (χ2n) is 6.30. The predicted octanol–water partition coefficient (Wildman–Crippen LogP) is 6.37. The molecule has 0 aromatic carbocycles. The van der Waals surface area contributed by atoms with Crippen LogP contribution in [-0.4, -0.2) is 16.7 Å². The van der Waals surface area contributed by atoms with Crippen LogP contribution < -0.4 is 0 Å². The van der Waals surface area contributed by atoms with Crippen molar-refractivity contribution in [3.05, 3.63) is 0 Å². The highest BCUT2D eigenvalue weighted by molar-refractivity contribution is 7.58. The third-order valence-electron chi connectivity index (χ3n) is 4.25. The summed E-state index contributed by atoms with van der Waals surface area (Å²) in [4.78, 5) is 10.1. The standard InChI is InChI=1S/C17H37O2P/c1-4-6-8-10-12-14-16-20(18,19)17(3)15-13-11-9-7-5-2/h17H,4-16H2,1-3H3,(H,18,19). The van der Waals surface area contributed by atoms with Crippen molar-refractivity contribution in [3.63, 3.8) is 0 Å². The van der Waals surface area contributed by atoms with Crippen molar-refractivity contribution in [2.75, 3.05) is 6.16 Å². The maximum Gasteiger partial charge on any atom is 0.203 e. The van der Waals surface area contributed by atoms with Crippen LogP contribution in [0.15, 0.2) is 0 Å². The average Bonchev–Trinajstić information content (AvgIpc) is 2.42. The molecule has 0 saturated heterocycles.